The molecule has 1 aliphatic carbocycles. The molecule has 2 aromatic rings. The van der Waals surface area contributed by atoms with E-state index in [4.69, 9.17) is 5.84 Å². The Labute approximate surface area is 151 Å². The maximum Gasteiger partial charge on any atom is 0.271 e. The number of carbonyl (C=O) groups is 1. The van der Waals surface area contributed by atoms with Crippen LogP contribution in [0, 0.1) is 19.8 Å². The number of nitrogens with one attached hydrogen (secondary N) is 1. The first kappa shape index (κ1) is 17.8. The number of carbonyl (C=O) groups excluding carboxylic acids is 1. The summed E-state index contributed by atoms with van der Waals surface area (Å²) >= 11 is 1.28. The summed E-state index contributed by atoms with van der Waals surface area (Å²) < 4.78 is 3.02. The van der Waals surface area contributed by atoms with Gasteiger partial charge < -0.3 is 11.2 Å². The highest BCUT2D eigenvalue weighted by molar-refractivity contribution is 7.99. The molecule has 1 aliphatic rings. The van der Waals surface area contributed by atoms with Gasteiger partial charge in [0.1, 0.15) is 0 Å². The topological polar surface area (TPSA) is 104 Å². The van der Waals surface area contributed by atoms with Gasteiger partial charge in [-0.2, -0.15) is 5.10 Å². The second-order valence-electron chi connectivity index (χ2n) is 6.72. The SMILES string of the molecule is Cc1cc(C)n(-c2nnc(SCC(=O)N[C@@H]3CCCC[C@H]3C)n2N)n1. The lowest BCUT2D eigenvalue weighted by Gasteiger charge is -2.29. The third kappa shape index (κ3) is 3.97. The van der Waals surface area contributed by atoms with Crippen molar-refractivity contribution in [2.75, 3.05) is 11.6 Å². The zero-order valence-electron chi connectivity index (χ0n) is 14.9. The minimum Gasteiger partial charge on any atom is -0.352 e. The maximum absolute atomic E-state index is 12.2. The van der Waals surface area contributed by atoms with Gasteiger partial charge in [0.05, 0.1) is 11.4 Å². The number of rotatable bonds is 5. The molecular formula is C16H25N7OS. The number of nitrogens with two attached hydrogens (primary N) is 1. The molecule has 3 rings (SSSR count). The van der Waals surface area contributed by atoms with Gasteiger partial charge in [-0.1, -0.05) is 31.5 Å². The lowest BCUT2D eigenvalue weighted by atomic mass is 9.86. The Morgan fingerprint density at radius 3 is 2.80 bits per heavy atom. The number of hydrogen-bond donors (Lipinski definition) is 2. The summed E-state index contributed by atoms with van der Waals surface area (Å²) in [5.41, 5.74) is 1.81. The van der Waals surface area contributed by atoms with Crippen molar-refractivity contribution in [2.45, 2.75) is 57.7 Å². The highest BCUT2D eigenvalue weighted by Gasteiger charge is 2.23. The summed E-state index contributed by atoms with van der Waals surface area (Å²) in [6.45, 7) is 6.04. The van der Waals surface area contributed by atoms with Crippen LogP contribution in [0.2, 0.25) is 0 Å². The number of nitrogen functional groups attached to an aromatic ring is 1. The van der Waals surface area contributed by atoms with Crippen molar-refractivity contribution in [2.24, 2.45) is 5.92 Å². The van der Waals surface area contributed by atoms with Gasteiger partial charge in [-0.05, 0) is 38.7 Å². The van der Waals surface area contributed by atoms with E-state index in [0.29, 0.717) is 17.0 Å². The normalized spacial score (nSPS) is 20.6. The minimum atomic E-state index is 0.0133. The zero-order valence-corrected chi connectivity index (χ0v) is 15.7. The predicted octanol–water partition coefficient (Wildman–Crippen LogP) is 1.58. The maximum atomic E-state index is 12.2. The summed E-state index contributed by atoms with van der Waals surface area (Å²) in [6.07, 6.45) is 4.69. The number of hydrogen-bond acceptors (Lipinski definition) is 6. The summed E-state index contributed by atoms with van der Waals surface area (Å²) in [5.74, 6) is 7.35. The smallest absolute Gasteiger partial charge is 0.271 e. The summed E-state index contributed by atoms with van der Waals surface area (Å²) in [6, 6.07) is 2.23. The standard InChI is InChI=1S/C16H25N7OS/c1-10-6-4-5-7-13(10)18-14(24)9-25-16-20-19-15(22(16)17)23-12(3)8-11(2)21-23/h8,10,13H,4-7,9,17H2,1-3H3,(H,18,24)/t10-,13-/m1/s1. The highest BCUT2D eigenvalue weighted by Crippen LogP contribution is 2.24. The molecule has 2 atom stereocenters. The summed E-state index contributed by atoms with van der Waals surface area (Å²) in [4.78, 5) is 12.2. The average Bonchev–Trinajstić information content (AvgIpc) is 3.09. The zero-order chi connectivity index (χ0) is 18.0. The molecule has 1 amide bonds. The lowest BCUT2D eigenvalue weighted by Crippen LogP contribution is -2.41. The number of thioether (sulfide) groups is 1. The van der Waals surface area contributed by atoms with Crippen LogP contribution in [0.3, 0.4) is 0 Å². The van der Waals surface area contributed by atoms with Gasteiger partial charge in [-0.25, -0.2) is 9.36 Å². The Morgan fingerprint density at radius 1 is 1.36 bits per heavy atom. The molecule has 3 N–H and O–H groups in total. The number of nitrogens with zero attached hydrogens (tertiary/aromatic N) is 5. The second-order valence-corrected chi connectivity index (χ2v) is 7.66. The van der Waals surface area contributed by atoms with Gasteiger partial charge in [0.15, 0.2) is 0 Å². The van der Waals surface area contributed by atoms with E-state index >= 15 is 0 Å². The van der Waals surface area contributed by atoms with E-state index in [2.05, 4.69) is 27.5 Å². The van der Waals surface area contributed by atoms with Crippen molar-refractivity contribution >= 4 is 17.7 Å². The Kier molecular flexibility index (Phi) is 5.31. The first-order valence-corrected chi connectivity index (χ1v) is 9.60. The highest BCUT2D eigenvalue weighted by atomic mass is 32.2. The predicted molar refractivity (Wildman–Crippen MR) is 97.1 cm³/mol. The fraction of sp³-hybridized carbons (Fsp3) is 0.625. The van der Waals surface area contributed by atoms with Crippen molar-refractivity contribution in [3.8, 4) is 5.95 Å². The molecule has 1 saturated carbocycles. The van der Waals surface area contributed by atoms with Gasteiger partial charge in [0.2, 0.25) is 11.1 Å². The van der Waals surface area contributed by atoms with Gasteiger partial charge >= 0.3 is 0 Å². The van der Waals surface area contributed by atoms with Crippen LogP contribution in [0.25, 0.3) is 5.95 Å². The molecule has 0 aromatic carbocycles. The molecule has 25 heavy (non-hydrogen) atoms. The van der Waals surface area contributed by atoms with E-state index in [0.717, 1.165) is 17.8 Å². The van der Waals surface area contributed by atoms with E-state index in [1.807, 2.05) is 19.9 Å². The first-order valence-electron chi connectivity index (χ1n) is 8.62. The van der Waals surface area contributed by atoms with Crippen LogP contribution in [-0.4, -0.2) is 42.4 Å². The van der Waals surface area contributed by atoms with E-state index < -0.39 is 0 Å². The van der Waals surface area contributed by atoms with Gasteiger partial charge in [-0.3, -0.25) is 4.79 Å². The largest absolute Gasteiger partial charge is 0.352 e. The van der Waals surface area contributed by atoms with Crippen molar-refractivity contribution in [1.29, 1.82) is 0 Å². The number of aromatic nitrogens is 5. The van der Waals surface area contributed by atoms with Crippen LogP contribution in [0.15, 0.2) is 11.2 Å². The molecule has 0 aliphatic heterocycles. The van der Waals surface area contributed by atoms with Crippen molar-refractivity contribution in [3.05, 3.63) is 17.5 Å². The molecule has 8 nitrogen and oxygen atoms in total. The first-order chi connectivity index (χ1) is 12.0. The molecule has 2 heterocycles. The molecule has 0 radical (unpaired) electrons. The van der Waals surface area contributed by atoms with Crippen LogP contribution < -0.4 is 11.2 Å². The second kappa shape index (κ2) is 7.47. The fourth-order valence-corrected chi connectivity index (χ4v) is 3.92. The molecule has 9 heteroatoms. The Hall–Kier alpha value is -2.03. The van der Waals surface area contributed by atoms with Crippen LogP contribution in [0.4, 0.5) is 0 Å². The van der Waals surface area contributed by atoms with Crippen LogP contribution in [-0.2, 0) is 4.79 Å². The fourth-order valence-electron chi connectivity index (χ4n) is 3.25. The third-order valence-electron chi connectivity index (χ3n) is 4.64. The molecule has 0 bridgehead atoms. The third-order valence-corrected chi connectivity index (χ3v) is 5.58. The van der Waals surface area contributed by atoms with E-state index in [1.165, 1.54) is 35.7 Å². The van der Waals surface area contributed by atoms with Crippen LogP contribution in [0.1, 0.15) is 44.0 Å². The molecule has 1 fully saturated rings. The van der Waals surface area contributed by atoms with Crippen molar-refractivity contribution in [3.63, 3.8) is 0 Å². The van der Waals surface area contributed by atoms with E-state index in [-0.39, 0.29) is 17.7 Å². The van der Waals surface area contributed by atoms with Crippen LogP contribution >= 0.6 is 11.8 Å². The van der Waals surface area contributed by atoms with Crippen molar-refractivity contribution < 1.29 is 4.79 Å². The Balaban J connectivity index is 1.60. The minimum absolute atomic E-state index is 0.0133. The quantitative estimate of drug-likeness (QED) is 0.617. The van der Waals surface area contributed by atoms with Gasteiger partial charge in [0, 0.05) is 11.7 Å². The molecular weight excluding hydrogens is 338 g/mol. The Bertz CT molecular complexity index is 754. The summed E-state index contributed by atoms with van der Waals surface area (Å²) in [7, 11) is 0. The Morgan fingerprint density at radius 2 is 2.12 bits per heavy atom. The molecule has 0 unspecified atom stereocenters. The number of aryl methyl sites for hydroxylation is 2. The lowest BCUT2D eigenvalue weighted by molar-refractivity contribution is -0.119. The van der Waals surface area contributed by atoms with E-state index in [9.17, 15) is 4.79 Å². The van der Waals surface area contributed by atoms with Crippen LogP contribution in [0.5, 0.6) is 0 Å². The number of amides is 1. The molecule has 136 valence electrons. The molecule has 0 spiro atoms. The van der Waals surface area contributed by atoms with Crippen molar-refractivity contribution in [1.82, 2.24) is 30.0 Å². The average molecular weight is 363 g/mol. The van der Waals surface area contributed by atoms with Gasteiger partial charge in [0.25, 0.3) is 5.95 Å². The molecule has 2 aromatic heterocycles. The molecule has 0 saturated heterocycles. The van der Waals surface area contributed by atoms with Gasteiger partial charge in [-0.15, -0.1) is 10.2 Å². The summed E-state index contributed by atoms with van der Waals surface area (Å²) in [5, 5.41) is 16.2. The van der Waals surface area contributed by atoms with E-state index in [1.54, 1.807) is 4.68 Å². The monoisotopic (exact) mass is 363 g/mol.